The van der Waals surface area contributed by atoms with Gasteiger partial charge >= 0.3 is 17.9 Å². The first-order valence-corrected chi connectivity index (χ1v) is 30.0. The van der Waals surface area contributed by atoms with Crippen molar-refractivity contribution < 1.29 is 43.0 Å². The molecule has 0 saturated heterocycles. The van der Waals surface area contributed by atoms with Gasteiger partial charge in [0.25, 0.3) is 0 Å². The number of hydrogen-bond acceptors (Lipinski definition) is 12. The van der Waals surface area contributed by atoms with E-state index in [-0.39, 0.29) is 52.4 Å². The highest BCUT2D eigenvalue weighted by atomic mass is 32.2. The number of rotatable bonds is 49. The summed E-state index contributed by atoms with van der Waals surface area (Å²) in [6, 6.07) is 0. The fraction of sp³-hybridized carbons (Fsp3) is 0.889. The summed E-state index contributed by atoms with van der Waals surface area (Å²) in [5.74, 6) is -2.12. The molecule has 0 aliphatic rings. The minimum Gasteiger partial charge on any atom is -0.464 e. The number of carbonyl (C=O) groups excluding carboxylic acids is 6. The van der Waals surface area contributed by atoms with Gasteiger partial charge in [0.15, 0.2) is 15.3 Å². The number of hydrogen-bond donors (Lipinski definition) is 0. The van der Waals surface area contributed by atoms with Crippen LogP contribution in [0.3, 0.4) is 0 Å². The van der Waals surface area contributed by atoms with Gasteiger partial charge in [-0.3, -0.25) is 28.8 Å². The van der Waals surface area contributed by atoms with Crippen LogP contribution in [-0.2, 0) is 43.0 Å². The maximum Gasteiger partial charge on any atom is 0.316 e. The van der Waals surface area contributed by atoms with E-state index in [0.29, 0.717) is 25.7 Å². The molecule has 0 amide bonds. The van der Waals surface area contributed by atoms with E-state index in [1.165, 1.54) is 154 Å². The van der Waals surface area contributed by atoms with Crippen LogP contribution in [0.5, 0.6) is 0 Å². The van der Waals surface area contributed by atoms with Gasteiger partial charge in [-0.2, -0.15) is 0 Å². The number of unbranched alkanes of at least 4 members (excludes halogenated alkanes) is 30. The van der Waals surface area contributed by atoms with Crippen molar-refractivity contribution in [2.45, 2.75) is 265 Å². The van der Waals surface area contributed by atoms with Crippen LogP contribution in [0.1, 0.15) is 265 Å². The molecule has 386 valence electrons. The molecule has 0 saturated carbocycles. The zero-order valence-electron chi connectivity index (χ0n) is 42.8. The van der Waals surface area contributed by atoms with Gasteiger partial charge in [-0.1, -0.05) is 256 Å². The molecule has 0 unspecified atom stereocenters. The third kappa shape index (κ3) is 43.7. The summed E-state index contributed by atoms with van der Waals surface area (Å²) in [6.45, 7) is 7.97. The standard InChI is InChI=1S/C54H98O9S3/c1-5-9-12-15-18-21-24-27-30-33-36-39-51(58)64-42-48(55)61-45-54(8-4,46-62-49(56)43-65-52(59)40-37-34-31-28-25-22-19-16-13-10-6-2)47-63-50(57)44-66-53(60)41-38-35-32-29-26-23-20-17-14-11-7-3/h5-47H2,1-4H3. The Morgan fingerprint density at radius 2 is 0.500 bits per heavy atom. The first-order valence-electron chi connectivity index (χ1n) is 27.0. The van der Waals surface area contributed by atoms with E-state index in [4.69, 9.17) is 14.2 Å². The maximum atomic E-state index is 12.8. The molecular formula is C54H98O9S3. The lowest BCUT2D eigenvalue weighted by Crippen LogP contribution is -2.39. The Morgan fingerprint density at radius 1 is 0.303 bits per heavy atom. The van der Waals surface area contributed by atoms with Crippen LogP contribution < -0.4 is 0 Å². The second-order valence-corrected chi connectivity index (χ2v) is 21.8. The lowest BCUT2D eigenvalue weighted by atomic mass is 9.88. The van der Waals surface area contributed by atoms with Crippen LogP contribution in [0.2, 0.25) is 0 Å². The van der Waals surface area contributed by atoms with E-state index in [0.717, 1.165) is 93.1 Å². The van der Waals surface area contributed by atoms with E-state index >= 15 is 0 Å². The highest BCUT2D eigenvalue weighted by Gasteiger charge is 2.34. The summed E-state index contributed by atoms with van der Waals surface area (Å²) >= 11 is 2.86. The molecule has 0 aromatic rings. The third-order valence-electron chi connectivity index (χ3n) is 12.4. The molecule has 0 N–H and O–H groups in total. The van der Waals surface area contributed by atoms with E-state index in [1.54, 1.807) is 0 Å². The fourth-order valence-electron chi connectivity index (χ4n) is 7.69. The summed E-state index contributed by atoms with van der Waals surface area (Å²) in [4.78, 5) is 76.2. The molecule has 0 aliphatic heterocycles. The average Bonchev–Trinajstić information content (AvgIpc) is 3.32. The molecule has 9 nitrogen and oxygen atoms in total. The molecule has 0 aromatic heterocycles. The van der Waals surface area contributed by atoms with Gasteiger partial charge < -0.3 is 14.2 Å². The molecule has 0 spiro atoms. The Kier molecular flexibility index (Phi) is 47.4. The summed E-state index contributed by atoms with van der Waals surface area (Å²) in [6.07, 6.45) is 41.2. The van der Waals surface area contributed by atoms with Crippen molar-refractivity contribution in [1.29, 1.82) is 0 Å². The minimum atomic E-state index is -1.04. The second-order valence-electron chi connectivity index (χ2n) is 18.7. The van der Waals surface area contributed by atoms with Crippen LogP contribution in [-0.4, -0.2) is 70.3 Å². The van der Waals surface area contributed by atoms with Crippen LogP contribution in [0.4, 0.5) is 0 Å². The quantitative estimate of drug-likeness (QED) is 0.0327. The number of thioether (sulfide) groups is 3. The molecule has 66 heavy (non-hydrogen) atoms. The number of esters is 3. The SMILES string of the molecule is CCCCCCCCCCCCCC(=O)SCC(=O)OCC(CC)(COC(=O)CSC(=O)CCCCCCCCCCCCC)COC(=O)CSC(=O)CCCCCCCCCCCCC. The van der Waals surface area contributed by atoms with Crippen molar-refractivity contribution in [2.24, 2.45) is 5.41 Å². The Balaban J connectivity index is 4.83. The van der Waals surface area contributed by atoms with Gasteiger partial charge in [0.05, 0.1) is 22.7 Å². The van der Waals surface area contributed by atoms with E-state index in [1.807, 2.05) is 6.92 Å². The Hall–Kier alpha value is -1.53. The van der Waals surface area contributed by atoms with Crippen LogP contribution in [0.25, 0.3) is 0 Å². The highest BCUT2D eigenvalue weighted by molar-refractivity contribution is 8.14. The first-order chi connectivity index (χ1) is 32.1. The topological polar surface area (TPSA) is 130 Å². The monoisotopic (exact) mass is 987 g/mol. The molecule has 0 aromatic carbocycles. The predicted molar refractivity (Wildman–Crippen MR) is 281 cm³/mol. The third-order valence-corrected chi connectivity index (χ3v) is 15.1. The van der Waals surface area contributed by atoms with E-state index in [9.17, 15) is 28.8 Å². The molecule has 0 fully saturated rings. The number of carbonyl (C=O) groups is 6. The maximum absolute atomic E-state index is 12.8. The Labute approximate surface area is 417 Å². The lowest BCUT2D eigenvalue weighted by Gasteiger charge is -2.31. The van der Waals surface area contributed by atoms with Gasteiger partial charge in [-0.25, -0.2) is 0 Å². The zero-order chi connectivity index (χ0) is 48.6. The average molecular weight is 988 g/mol. The minimum absolute atomic E-state index is 0.0430. The molecule has 12 heteroatoms. The van der Waals surface area contributed by atoms with Crippen molar-refractivity contribution in [3.05, 3.63) is 0 Å². The van der Waals surface area contributed by atoms with E-state index < -0.39 is 23.3 Å². The van der Waals surface area contributed by atoms with Crippen molar-refractivity contribution >= 4 is 68.5 Å². The first kappa shape index (κ1) is 64.5. The lowest BCUT2D eigenvalue weighted by molar-refractivity contribution is -0.159. The van der Waals surface area contributed by atoms with Crippen LogP contribution >= 0.6 is 35.3 Å². The van der Waals surface area contributed by atoms with Crippen molar-refractivity contribution in [3.63, 3.8) is 0 Å². The molecule has 0 radical (unpaired) electrons. The van der Waals surface area contributed by atoms with Crippen LogP contribution in [0.15, 0.2) is 0 Å². The molecule has 0 bridgehead atoms. The van der Waals surface area contributed by atoms with Crippen LogP contribution in [0, 0.1) is 5.41 Å². The molecule has 0 heterocycles. The molecule has 0 rings (SSSR count). The van der Waals surface area contributed by atoms with Crippen molar-refractivity contribution in [1.82, 2.24) is 0 Å². The fourth-order valence-corrected chi connectivity index (χ4v) is 9.64. The van der Waals surface area contributed by atoms with Gasteiger partial charge in [0, 0.05) is 19.3 Å². The van der Waals surface area contributed by atoms with Gasteiger partial charge in [-0.05, 0) is 25.7 Å². The normalized spacial score (nSPS) is 11.5. The highest BCUT2D eigenvalue weighted by Crippen LogP contribution is 2.26. The summed E-state index contributed by atoms with van der Waals surface area (Å²) in [5, 5.41) is -0.129. The molecular weight excluding hydrogens is 889 g/mol. The Morgan fingerprint density at radius 3 is 0.697 bits per heavy atom. The zero-order valence-corrected chi connectivity index (χ0v) is 45.3. The molecule has 0 aliphatic carbocycles. The largest absolute Gasteiger partial charge is 0.464 e. The second kappa shape index (κ2) is 48.5. The van der Waals surface area contributed by atoms with Crippen molar-refractivity contribution in [3.8, 4) is 0 Å². The summed E-state index contributed by atoms with van der Waals surface area (Å²) in [7, 11) is 0. The summed E-state index contributed by atoms with van der Waals surface area (Å²) in [5.41, 5.74) is -1.04. The van der Waals surface area contributed by atoms with Gasteiger partial charge in [0.1, 0.15) is 19.8 Å². The Bertz CT molecular complexity index is 1070. The van der Waals surface area contributed by atoms with Gasteiger partial charge in [-0.15, -0.1) is 0 Å². The van der Waals surface area contributed by atoms with Crippen molar-refractivity contribution in [2.75, 3.05) is 37.1 Å². The molecule has 0 atom stereocenters. The van der Waals surface area contributed by atoms with E-state index in [2.05, 4.69) is 20.8 Å². The smallest absolute Gasteiger partial charge is 0.316 e. The number of ether oxygens (including phenoxy) is 3. The van der Waals surface area contributed by atoms with Gasteiger partial charge in [0.2, 0.25) is 0 Å². The summed E-state index contributed by atoms with van der Waals surface area (Å²) < 4.78 is 16.9. The predicted octanol–water partition coefficient (Wildman–Crippen LogP) is 15.9.